The molecule has 0 spiro atoms. The average Bonchev–Trinajstić information content (AvgIpc) is 2.17. The molecule has 0 saturated heterocycles. The Morgan fingerprint density at radius 3 is 2.73 bits per heavy atom. The van der Waals surface area contributed by atoms with Crippen molar-refractivity contribution in [3.63, 3.8) is 0 Å². The van der Waals surface area contributed by atoms with Crippen LogP contribution in [0.25, 0.3) is 0 Å². The topological polar surface area (TPSA) is 52.6 Å². The van der Waals surface area contributed by atoms with Gasteiger partial charge in [-0.25, -0.2) is 4.79 Å². The first-order valence-corrected chi connectivity index (χ1v) is 4.51. The molecule has 4 nitrogen and oxygen atoms in total. The second-order valence-corrected chi connectivity index (χ2v) is 2.74. The van der Waals surface area contributed by atoms with Gasteiger partial charge >= 0.3 is 11.9 Å². The van der Waals surface area contributed by atoms with Gasteiger partial charge in [0.1, 0.15) is 5.75 Å². The van der Waals surface area contributed by atoms with Crippen molar-refractivity contribution in [3.05, 3.63) is 29.8 Å². The Hall–Kier alpha value is -1.84. The van der Waals surface area contributed by atoms with Gasteiger partial charge in [-0.05, 0) is 19.1 Å². The van der Waals surface area contributed by atoms with Crippen molar-refractivity contribution in [3.8, 4) is 5.75 Å². The largest absolute Gasteiger partial charge is 0.462 e. The molecule has 15 heavy (non-hydrogen) atoms. The number of hydrogen-bond acceptors (Lipinski definition) is 4. The summed E-state index contributed by atoms with van der Waals surface area (Å²) in [5.74, 6) is -0.716. The van der Waals surface area contributed by atoms with Crippen LogP contribution in [0.5, 0.6) is 5.75 Å². The first-order valence-electron chi connectivity index (χ1n) is 4.51. The Morgan fingerprint density at radius 1 is 1.40 bits per heavy atom. The highest BCUT2D eigenvalue weighted by atomic mass is 16.5. The molecule has 0 amide bonds. The van der Waals surface area contributed by atoms with Crippen LogP contribution in [0, 0.1) is 6.07 Å². The van der Waals surface area contributed by atoms with Gasteiger partial charge in [0.25, 0.3) is 0 Å². The number of benzene rings is 1. The van der Waals surface area contributed by atoms with Crippen LogP contribution >= 0.6 is 0 Å². The first kappa shape index (κ1) is 11.2. The Balaban J connectivity index is 2.82. The molecule has 0 aromatic heterocycles. The molecule has 0 aliphatic rings. The van der Waals surface area contributed by atoms with Crippen LogP contribution in [0.2, 0.25) is 0 Å². The van der Waals surface area contributed by atoms with E-state index in [-0.39, 0.29) is 11.3 Å². The molecule has 1 rings (SSSR count). The van der Waals surface area contributed by atoms with Crippen LogP contribution in [0.4, 0.5) is 0 Å². The summed E-state index contributed by atoms with van der Waals surface area (Å²) in [6.45, 7) is 3.29. The lowest BCUT2D eigenvalue weighted by Crippen LogP contribution is -2.06. The summed E-state index contributed by atoms with van der Waals surface area (Å²) < 4.78 is 9.56. The zero-order chi connectivity index (χ0) is 11.3. The van der Waals surface area contributed by atoms with Gasteiger partial charge in [0.2, 0.25) is 0 Å². The van der Waals surface area contributed by atoms with Crippen molar-refractivity contribution in [1.82, 2.24) is 0 Å². The molecule has 1 aromatic carbocycles. The minimum Gasteiger partial charge on any atom is -0.462 e. The molecule has 0 heterocycles. The first-order chi connectivity index (χ1) is 7.13. The van der Waals surface area contributed by atoms with Crippen LogP contribution in [0.3, 0.4) is 0 Å². The molecule has 1 radical (unpaired) electrons. The molecule has 0 unspecified atom stereocenters. The highest BCUT2D eigenvalue weighted by Crippen LogP contribution is 2.13. The van der Waals surface area contributed by atoms with E-state index in [0.29, 0.717) is 6.61 Å². The molecule has 0 atom stereocenters. The molecule has 0 aliphatic carbocycles. The Kier molecular flexibility index (Phi) is 3.85. The van der Waals surface area contributed by atoms with E-state index in [1.165, 1.54) is 6.92 Å². The zero-order valence-electron chi connectivity index (χ0n) is 8.57. The van der Waals surface area contributed by atoms with Gasteiger partial charge in [0.15, 0.2) is 0 Å². The van der Waals surface area contributed by atoms with Crippen molar-refractivity contribution < 1.29 is 19.1 Å². The van der Waals surface area contributed by atoms with Gasteiger partial charge in [-0.2, -0.15) is 0 Å². The third kappa shape index (κ3) is 3.42. The fourth-order valence-corrected chi connectivity index (χ4v) is 0.990. The van der Waals surface area contributed by atoms with Crippen LogP contribution < -0.4 is 4.74 Å². The fourth-order valence-electron chi connectivity index (χ4n) is 0.990. The molecule has 79 valence electrons. The number of carbonyl (C=O) groups is 2. The molecule has 0 saturated carbocycles. The third-order valence-electron chi connectivity index (χ3n) is 1.52. The van der Waals surface area contributed by atoms with Gasteiger partial charge < -0.3 is 9.47 Å². The van der Waals surface area contributed by atoms with Gasteiger partial charge in [-0.15, -0.1) is 0 Å². The van der Waals surface area contributed by atoms with Crippen molar-refractivity contribution in [2.24, 2.45) is 0 Å². The Labute approximate surface area is 87.8 Å². The number of carbonyl (C=O) groups excluding carboxylic acids is 2. The van der Waals surface area contributed by atoms with E-state index in [1.54, 1.807) is 25.1 Å². The minimum absolute atomic E-state index is 0.216. The normalized spacial score (nSPS) is 9.47. The fraction of sp³-hybridized carbons (Fsp3) is 0.273. The minimum atomic E-state index is -0.480. The predicted molar refractivity (Wildman–Crippen MR) is 52.5 cm³/mol. The summed E-state index contributed by atoms with van der Waals surface area (Å²) in [7, 11) is 0. The second kappa shape index (κ2) is 5.14. The number of rotatable bonds is 3. The quantitative estimate of drug-likeness (QED) is 0.558. The van der Waals surface area contributed by atoms with Crippen LogP contribution in [-0.4, -0.2) is 18.5 Å². The number of ether oxygens (including phenoxy) is 2. The van der Waals surface area contributed by atoms with E-state index in [1.807, 2.05) is 0 Å². The summed E-state index contributed by atoms with van der Waals surface area (Å²) in [6, 6.07) is 7.33. The van der Waals surface area contributed by atoms with E-state index in [0.717, 1.165) is 0 Å². The molecule has 4 heteroatoms. The SMILES string of the molecule is CCOC(=O)c1[c]c(OC(C)=O)ccc1. The maximum Gasteiger partial charge on any atom is 0.338 e. The number of esters is 2. The van der Waals surface area contributed by atoms with E-state index >= 15 is 0 Å². The summed E-state index contributed by atoms with van der Waals surface area (Å²) >= 11 is 0. The standard InChI is InChI=1S/C11H11O4/c1-3-14-11(13)9-5-4-6-10(7-9)15-8(2)12/h4-6H,3H2,1-2H3. The smallest absolute Gasteiger partial charge is 0.338 e. The van der Waals surface area contributed by atoms with Crippen molar-refractivity contribution in [1.29, 1.82) is 0 Å². The summed E-state index contributed by atoms with van der Waals surface area (Å²) in [6.07, 6.45) is 0. The van der Waals surface area contributed by atoms with Crippen LogP contribution in [-0.2, 0) is 9.53 Å². The molecule has 1 aromatic rings. The van der Waals surface area contributed by atoms with Gasteiger partial charge in [-0.1, -0.05) is 6.07 Å². The van der Waals surface area contributed by atoms with Crippen molar-refractivity contribution in [2.75, 3.05) is 6.61 Å². The molecular formula is C11H11O4. The van der Waals surface area contributed by atoms with Crippen molar-refractivity contribution >= 4 is 11.9 Å². The Bertz CT molecular complexity index is 371. The zero-order valence-corrected chi connectivity index (χ0v) is 8.57. The van der Waals surface area contributed by atoms with E-state index in [2.05, 4.69) is 6.07 Å². The van der Waals surface area contributed by atoms with E-state index < -0.39 is 11.9 Å². The molecule has 0 aliphatic heterocycles. The maximum atomic E-state index is 11.3. The van der Waals surface area contributed by atoms with E-state index in [4.69, 9.17) is 9.47 Å². The van der Waals surface area contributed by atoms with Crippen LogP contribution in [0.15, 0.2) is 18.2 Å². The van der Waals surface area contributed by atoms with E-state index in [9.17, 15) is 9.59 Å². The Morgan fingerprint density at radius 2 is 2.13 bits per heavy atom. The highest BCUT2D eigenvalue weighted by molar-refractivity contribution is 5.89. The summed E-state index contributed by atoms with van der Waals surface area (Å²) in [5.41, 5.74) is 0.246. The van der Waals surface area contributed by atoms with Crippen LogP contribution in [0.1, 0.15) is 24.2 Å². The third-order valence-corrected chi connectivity index (χ3v) is 1.52. The lowest BCUT2D eigenvalue weighted by Gasteiger charge is -2.03. The molecular weight excluding hydrogens is 196 g/mol. The van der Waals surface area contributed by atoms with Gasteiger partial charge in [-0.3, -0.25) is 4.79 Å². The second-order valence-electron chi connectivity index (χ2n) is 2.74. The summed E-state index contributed by atoms with van der Waals surface area (Å²) in [5, 5.41) is 0. The lowest BCUT2D eigenvalue weighted by molar-refractivity contribution is -0.131. The monoisotopic (exact) mass is 207 g/mol. The molecule has 0 bridgehead atoms. The summed E-state index contributed by atoms with van der Waals surface area (Å²) in [4.78, 5) is 22.0. The molecule has 0 fully saturated rings. The predicted octanol–water partition coefficient (Wildman–Crippen LogP) is 1.59. The number of hydrogen-bond donors (Lipinski definition) is 0. The van der Waals surface area contributed by atoms with Gasteiger partial charge in [0, 0.05) is 13.0 Å². The lowest BCUT2D eigenvalue weighted by atomic mass is 10.2. The molecule has 0 N–H and O–H groups in total. The maximum absolute atomic E-state index is 11.3. The van der Waals surface area contributed by atoms with Gasteiger partial charge in [0.05, 0.1) is 12.2 Å². The van der Waals surface area contributed by atoms with Crippen molar-refractivity contribution in [2.45, 2.75) is 13.8 Å². The highest BCUT2D eigenvalue weighted by Gasteiger charge is 2.08. The average molecular weight is 207 g/mol.